The fourth-order valence-electron chi connectivity index (χ4n) is 4.77. The van der Waals surface area contributed by atoms with Crippen molar-refractivity contribution in [1.29, 1.82) is 0 Å². The summed E-state index contributed by atoms with van der Waals surface area (Å²) >= 11 is 4.56. The van der Waals surface area contributed by atoms with Gasteiger partial charge in [-0.25, -0.2) is 0 Å². The van der Waals surface area contributed by atoms with E-state index in [4.69, 9.17) is 4.74 Å². The first-order valence-electron chi connectivity index (χ1n) is 11.8. The standard InChI is InChI=1S/C32H28BrOP/c33-35(29-18-7-2-8-19-29,30-20-9-3-10-21-30,31-22-11-4-12-23-31)26-28-17-13-14-24-32(28)34-25-27-15-5-1-6-16-27/h1-24H,25-26H2. The summed E-state index contributed by atoms with van der Waals surface area (Å²) in [5.74, 6) is 0.924. The van der Waals surface area contributed by atoms with Gasteiger partial charge < -0.3 is 0 Å². The van der Waals surface area contributed by atoms with Crippen LogP contribution in [-0.2, 0) is 12.8 Å². The topological polar surface area (TPSA) is 9.23 Å². The van der Waals surface area contributed by atoms with Gasteiger partial charge in [0.1, 0.15) is 0 Å². The number of halogens is 1. The van der Waals surface area contributed by atoms with E-state index < -0.39 is 5.31 Å². The molecule has 0 spiro atoms. The van der Waals surface area contributed by atoms with Crippen LogP contribution in [0.1, 0.15) is 11.1 Å². The molecule has 0 heterocycles. The van der Waals surface area contributed by atoms with E-state index in [0.717, 1.165) is 17.5 Å². The van der Waals surface area contributed by atoms with Crippen LogP contribution < -0.4 is 20.7 Å². The van der Waals surface area contributed by atoms with Gasteiger partial charge in [0.25, 0.3) is 0 Å². The molecule has 0 radical (unpaired) electrons. The predicted molar refractivity (Wildman–Crippen MR) is 155 cm³/mol. The van der Waals surface area contributed by atoms with Crippen molar-refractivity contribution in [1.82, 2.24) is 0 Å². The van der Waals surface area contributed by atoms with Crippen LogP contribution in [0.4, 0.5) is 0 Å². The van der Waals surface area contributed by atoms with Crippen LogP contribution in [0.3, 0.4) is 0 Å². The summed E-state index contributed by atoms with van der Waals surface area (Å²) in [4.78, 5) is 0. The molecule has 0 saturated heterocycles. The van der Waals surface area contributed by atoms with Gasteiger partial charge in [-0.3, -0.25) is 0 Å². The van der Waals surface area contributed by atoms with Crippen LogP contribution >= 0.6 is 20.8 Å². The van der Waals surface area contributed by atoms with Crippen LogP contribution in [0.15, 0.2) is 146 Å². The number of benzene rings is 5. The fraction of sp³-hybridized carbons (Fsp3) is 0.0625. The number of hydrogen-bond acceptors (Lipinski definition) is 1. The molecule has 5 aromatic carbocycles. The maximum atomic E-state index is 6.42. The van der Waals surface area contributed by atoms with Crippen molar-refractivity contribution in [2.24, 2.45) is 0 Å². The van der Waals surface area contributed by atoms with Gasteiger partial charge in [-0.15, -0.1) is 0 Å². The molecule has 0 fully saturated rings. The number of para-hydroxylation sites is 1. The molecule has 0 unspecified atom stereocenters. The van der Waals surface area contributed by atoms with E-state index in [1.807, 2.05) is 6.07 Å². The average Bonchev–Trinajstić information content (AvgIpc) is 2.95. The number of ether oxygens (including phenoxy) is 1. The molecule has 0 amide bonds. The van der Waals surface area contributed by atoms with Gasteiger partial charge in [0.15, 0.2) is 0 Å². The van der Waals surface area contributed by atoms with E-state index in [-0.39, 0.29) is 0 Å². The molecule has 0 aromatic heterocycles. The minimum atomic E-state index is -3.09. The summed E-state index contributed by atoms with van der Waals surface area (Å²) in [6.07, 6.45) is 0.800. The summed E-state index contributed by atoms with van der Waals surface area (Å²) in [5, 5.41) is 0.806. The van der Waals surface area contributed by atoms with E-state index in [0.29, 0.717) is 6.61 Å². The molecule has 1 nitrogen and oxygen atoms in total. The van der Waals surface area contributed by atoms with E-state index in [1.165, 1.54) is 21.5 Å². The Morgan fingerprint density at radius 3 is 1.37 bits per heavy atom. The van der Waals surface area contributed by atoms with Gasteiger partial charge in [-0.1, -0.05) is 0 Å². The first-order chi connectivity index (χ1) is 17.2. The Kier molecular flexibility index (Phi) is 6.86. The molecule has 0 aliphatic heterocycles. The molecule has 5 rings (SSSR count). The second-order valence-corrected chi connectivity index (χ2v) is 17.7. The van der Waals surface area contributed by atoms with Crippen LogP contribution in [0, 0.1) is 0 Å². The van der Waals surface area contributed by atoms with E-state index in [9.17, 15) is 0 Å². The summed E-state index contributed by atoms with van der Waals surface area (Å²) in [6, 6.07) is 51.5. The summed E-state index contributed by atoms with van der Waals surface area (Å²) in [7, 11) is 0. The van der Waals surface area contributed by atoms with Gasteiger partial charge in [0, 0.05) is 0 Å². The van der Waals surface area contributed by atoms with Crippen molar-refractivity contribution >= 4 is 36.7 Å². The zero-order valence-electron chi connectivity index (χ0n) is 19.5. The zero-order chi connectivity index (χ0) is 24.0. The van der Waals surface area contributed by atoms with E-state index in [1.54, 1.807) is 0 Å². The van der Waals surface area contributed by atoms with Gasteiger partial charge in [0.2, 0.25) is 0 Å². The third-order valence-corrected chi connectivity index (χ3v) is 16.1. The van der Waals surface area contributed by atoms with Crippen molar-refractivity contribution in [2.75, 3.05) is 0 Å². The molecule has 3 heteroatoms. The minimum absolute atomic E-state index is 0.540. The Bertz CT molecular complexity index is 1270. The Balaban J connectivity index is 1.69. The molecule has 0 aliphatic rings. The number of hydrogen-bond donors (Lipinski definition) is 0. The van der Waals surface area contributed by atoms with E-state index >= 15 is 0 Å². The Morgan fingerprint density at radius 2 is 0.886 bits per heavy atom. The Labute approximate surface area is 216 Å². The summed E-state index contributed by atoms with van der Waals surface area (Å²) in [6.45, 7) is 0.540. The van der Waals surface area contributed by atoms with Crippen molar-refractivity contribution < 1.29 is 4.74 Å². The maximum absolute atomic E-state index is 6.42. The molecule has 0 N–H and O–H groups in total. The summed E-state index contributed by atoms with van der Waals surface area (Å²) in [5.41, 5.74) is 2.35. The molecule has 0 bridgehead atoms. The quantitative estimate of drug-likeness (QED) is 0.185. The first-order valence-corrected chi connectivity index (χ1v) is 16.3. The van der Waals surface area contributed by atoms with Crippen LogP contribution in [-0.4, -0.2) is 0 Å². The molecule has 174 valence electrons. The van der Waals surface area contributed by atoms with Crippen molar-refractivity contribution in [3.8, 4) is 5.75 Å². The molecular formula is C32H28BrOP. The number of rotatable bonds is 8. The van der Waals surface area contributed by atoms with Crippen molar-refractivity contribution in [2.45, 2.75) is 12.8 Å². The van der Waals surface area contributed by atoms with Crippen molar-refractivity contribution in [3.63, 3.8) is 0 Å². The molecule has 0 saturated carbocycles. The monoisotopic (exact) mass is 538 g/mol. The second-order valence-electron chi connectivity index (χ2n) is 8.73. The summed E-state index contributed by atoms with van der Waals surface area (Å²) < 4.78 is 6.42. The molecule has 0 aliphatic carbocycles. The van der Waals surface area contributed by atoms with E-state index in [2.05, 4.69) is 155 Å². The van der Waals surface area contributed by atoms with Crippen LogP contribution in [0.25, 0.3) is 0 Å². The molecule has 35 heavy (non-hydrogen) atoms. The molecular weight excluding hydrogens is 511 g/mol. The first kappa shape index (κ1) is 23.5. The zero-order valence-corrected chi connectivity index (χ0v) is 22.0. The van der Waals surface area contributed by atoms with Crippen LogP contribution in [0.2, 0.25) is 0 Å². The SMILES string of the molecule is BrP(Cc1ccccc1OCc1ccccc1)(c1ccccc1)(c1ccccc1)c1ccccc1. The molecule has 5 aromatic rings. The Morgan fingerprint density at radius 1 is 0.486 bits per heavy atom. The van der Waals surface area contributed by atoms with Gasteiger partial charge >= 0.3 is 217 Å². The van der Waals surface area contributed by atoms with Gasteiger partial charge in [-0.05, 0) is 0 Å². The van der Waals surface area contributed by atoms with Gasteiger partial charge in [-0.2, -0.15) is 0 Å². The Hall–Kier alpha value is -3.19. The fourth-order valence-corrected chi connectivity index (χ4v) is 12.4. The second kappa shape index (κ2) is 10.2. The van der Waals surface area contributed by atoms with Crippen LogP contribution in [0.5, 0.6) is 5.75 Å². The average molecular weight is 539 g/mol. The third-order valence-electron chi connectivity index (χ3n) is 6.56. The van der Waals surface area contributed by atoms with Gasteiger partial charge in [0.05, 0.1) is 0 Å². The normalized spacial score (nSPS) is 12.4. The molecule has 0 atom stereocenters. The third kappa shape index (κ3) is 4.57. The predicted octanol–water partition coefficient (Wildman–Crippen LogP) is 7.61. The van der Waals surface area contributed by atoms with Crippen molar-refractivity contribution in [3.05, 3.63) is 157 Å².